The summed E-state index contributed by atoms with van der Waals surface area (Å²) in [5.41, 5.74) is 3.44. The third-order valence-electron chi connectivity index (χ3n) is 1.70. The van der Waals surface area contributed by atoms with Crippen LogP contribution in [0.1, 0.15) is 6.42 Å². The van der Waals surface area contributed by atoms with E-state index >= 15 is 0 Å². The van der Waals surface area contributed by atoms with Crippen molar-refractivity contribution in [1.29, 1.82) is 0 Å². The topological polar surface area (TPSA) is 38.3 Å². The third kappa shape index (κ3) is 5.40. The van der Waals surface area contributed by atoms with Crippen molar-refractivity contribution in [2.24, 2.45) is 0 Å². The summed E-state index contributed by atoms with van der Waals surface area (Å²) >= 11 is 0. The van der Waals surface area contributed by atoms with Gasteiger partial charge in [-0.2, -0.15) is 0 Å². The Labute approximate surface area is 115 Å². The SMILES string of the molecule is [CH2-]CC(=O)[C@@H]([CH2-])ONc1ccccc1.[Y]. The quantitative estimate of drug-likeness (QED) is 0.662. The number of hydrogen-bond donors (Lipinski definition) is 1. The predicted molar refractivity (Wildman–Crippen MR) is 55.3 cm³/mol. The first kappa shape index (κ1) is 14.8. The number of ketones is 1. The second kappa shape index (κ2) is 7.97. The molecule has 0 saturated heterocycles. The van der Waals surface area contributed by atoms with Gasteiger partial charge in [-0.1, -0.05) is 18.2 Å². The van der Waals surface area contributed by atoms with Crippen molar-refractivity contribution in [3.8, 4) is 0 Å². The molecular formula is C11H13NO2Y-2. The molecule has 1 atom stereocenters. The molecule has 0 saturated carbocycles. The number of para-hydroxylation sites is 1. The Morgan fingerprint density at radius 3 is 2.53 bits per heavy atom. The molecule has 0 heterocycles. The number of nitrogens with one attached hydrogen (secondary N) is 1. The average molecular weight is 280 g/mol. The van der Waals surface area contributed by atoms with Crippen molar-refractivity contribution >= 4 is 11.5 Å². The van der Waals surface area contributed by atoms with E-state index in [2.05, 4.69) is 19.3 Å². The normalized spacial score (nSPS) is 11.3. The van der Waals surface area contributed by atoms with Crippen molar-refractivity contribution in [3.05, 3.63) is 44.2 Å². The van der Waals surface area contributed by atoms with E-state index < -0.39 is 6.10 Å². The molecule has 0 aliphatic heterocycles. The molecule has 0 fully saturated rings. The summed E-state index contributed by atoms with van der Waals surface area (Å²) in [6.45, 7) is 7.01. The Morgan fingerprint density at radius 2 is 2.00 bits per heavy atom. The zero-order valence-corrected chi connectivity index (χ0v) is 11.3. The Balaban J connectivity index is 0.00000196. The van der Waals surface area contributed by atoms with Crippen molar-refractivity contribution in [3.63, 3.8) is 0 Å². The number of benzene rings is 1. The molecular weight excluding hydrogens is 267 g/mol. The van der Waals surface area contributed by atoms with Gasteiger partial charge < -0.3 is 18.6 Å². The average Bonchev–Trinajstić information content (AvgIpc) is 2.26. The van der Waals surface area contributed by atoms with Crippen LogP contribution in [0.25, 0.3) is 0 Å². The molecule has 0 aliphatic carbocycles. The number of carbonyl (C=O) groups excluding carboxylic acids is 1. The number of Topliss-reactive ketones (excluding diaryl/α,β-unsaturated/α-hetero) is 1. The summed E-state index contributed by atoms with van der Waals surface area (Å²) in [7, 11) is 0. The Kier molecular flexibility index (Phi) is 7.84. The summed E-state index contributed by atoms with van der Waals surface area (Å²) in [5.74, 6) is -0.131. The van der Waals surface area contributed by atoms with Crippen LogP contribution in [0.3, 0.4) is 0 Å². The number of rotatable bonds is 5. The van der Waals surface area contributed by atoms with Crippen molar-refractivity contribution in [1.82, 2.24) is 0 Å². The van der Waals surface area contributed by atoms with Gasteiger partial charge in [0.1, 0.15) is 5.78 Å². The van der Waals surface area contributed by atoms with E-state index in [0.29, 0.717) is 0 Å². The van der Waals surface area contributed by atoms with Gasteiger partial charge >= 0.3 is 0 Å². The molecule has 3 nitrogen and oxygen atoms in total. The fraction of sp³-hybridized carbons (Fsp3) is 0.182. The van der Waals surface area contributed by atoms with E-state index in [1.165, 1.54) is 0 Å². The molecule has 15 heavy (non-hydrogen) atoms. The first-order valence-electron chi connectivity index (χ1n) is 4.36. The summed E-state index contributed by atoms with van der Waals surface area (Å²) < 4.78 is 0. The molecule has 0 aliphatic rings. The van der Waals surface area contributed by atoms with Crippen molar-refractivity contribution in [2.75, 3.05) is 5.48 Å². The largest absolute Gasteiger partial charge is 0.336 e. The van der Waals surface area contributed by atoms with Crippen LogP contribution in [0.5, 0.6) is 0 Å². The number of carbonyl (C=O) groups is 1. The molecule has 1 rings (SSSR count). The maximum atomic E-state index is 11.0. The van der Waals surface area contributed by atoms with Gasteiger partial charge in [0.25, 0.3) is 0 Å². The zero-order chi connectivity index (χ0) is 10.4. The van der Waals surface area contributed by atoms with E-state index in [1.807, 2.05) is 30.3 Å². The summed E-state index contributed by atoms with van der Waals surface area (Å²) in [6, 6.07) is 9.30. The molecule has 79 valence electrons. The molecule has 0 aromatic heterocycles. The Bertz CT molecular complexity index is 290. The van der Waals surface area contributed by atoms with E-state index in [9.17, 15) is 4.79 Å². The van der Waals surface area contributed by atoms with Gasteiger partial charge in [0, 0.05) is 38.8 Å². The van der Waals surface area contributed by atoms with Gasteiger partial charge in [-0.05, 0) is 12.1 Å². The van der Waals surface area contributed by atoms with Gasteiger partial charge in [0.05, 0.1) is 5.69 Å². The van der Waals surface area contributed by atoms with Gasteiger partial charge in [0.15, 0.2) is 0 Å². The minimum Gasteiger partial charge on any atom is -0.336 e. The second-order valence-electron chi connectivity index (χ2n) is 2.79. The summed E-state index contributed by atoms with van der Waals surface area (Å²) in [5, 5.41) is 0. The van der Waals surface area contributed by atoms with Crippen LogP contribution in [0.4, 0.5) is 5.69 Å². The first-order chi connectivity index (χ1) is 6.74. The van der Waals surface area contributed by atoms with Crippen LogP contribution in [0, 0.1) is 13.8 Å². The predicted octanol–water partition coefficient (Wildman–Crippen LogP) is 2.02. The first-order valence-corrected chi connectivity index (χ1v) is 4.36. The van der Waals surface area contributed by atoms with Crippen LogP contribution in [-0.4, -0.2) is 11.9 Å². The molecule has 1 N–H and O–H groups in total. The minimum atomic E-state index is -0.715. The minimum absolute atomic E-state index is 0. The standard InChI is InChI=1S/C11H13NO2.Y/c1-3-11(13)9(2)14-12-10-7-5-4-6-8-10;/h4-9,12H,1-3H2;/q-2;/t9-;/m1./s1. The second-order valence-corrected chi connectivity index (χ2v) is 2.79. The number of hydrogen-bond acceptors (Lipinski definition) is 3. The van der Waals surface area contributed by atoms with Gasteiger partial charge in [-0.15, -0.1) is 6.42 Å². The fourth-order valence-electron chi connectivity index (χ4n) is 0.872. The molecule has 0 amide bonds. The van der Waals surface area contributed by atoms with Gasteiger partial charge in [-0.25, -0.2) is 0 Å². The smallest absolute Gasteiger partial charge is 0.103 e. The zero-order valence-electron chi connectivity index (χ0n) is 8.48. The fourth-order valence-corrected chi connectivity index (χ4v) is 0.872. The molecule has 1 radical (unpaired) electrons. The van der Waals surface area contributed by atoms with E-state index in [1.54, 1.807) is 0 Å². The molecule has 0 spiro atoms. The Morgan fingerprint density at radius 1 is 1.40 bits per heavy atom. The van der Waals surface area contributed by atoms with E-state index in [0.717, 1.165) is 5.69 Å². The van der Waals surface area contributed by atoms with Gasteiger partial charge in [0.2, 0.25) is 0 Å². The van der Waals surface area contributed by atoms with E-state index in [4.69, 9.17) is 4.84 Å². The van der Waals surface area contributed by atoms with Crippen LogP contribution < -0.4 is 5.48 Å². The molecule has 4 heteroatoms. The van der Waals surface area contributed by atoms with Crippen LogP contribution in [0.15, 0.2) is 30.3 Å². The maximum Gasteiger partial charge on any atom is 0.103 e. The Hall–Kier alpha value is -0.246. The molecule has 0 bridgehead atoms. The van der Waals surface area contributed by atoms with Crippen LogP contribution >= 0.6 is 0 Å². The van der Waals surface area contributed by atoms with Crippen LogP contribution in [-0.2, 0) is 42.3 Å². The van der Waals surface area contributed by atoms with Crippen molar-refractivity contribution in [2.45, 2.75) is 12.5 Å². The molecule has 1 aromatic carbocycles. The summed E-state index contributed by atoms with van der Waals surface area (Å²) in [4.78, 5) is 16.1. The molecule has 1 aromatic rings. The monoisotopic (exact) mass is 280 g/mol. The van der Waals surface area contributed by atoms with E-state index in [-0.39, 0.29) is 44.9 Å². The third-order valence-corrected chi connectivity index (χ3v) is 1.70. The molecule has 0 unspecified atom stereocenters. The maximum absolute atomic E-state index is 11.0. The van der Waals surface area contributed by atoms with Crippen LogP contribution in [0.2, 0.25) is 0 Å². The van der Waals surface area contributed by atoms with Crippen molar-refractivity contribution < 1.29 is 42.3 Å². The number of anilines is 1. The summed E-state index contributed by atoms with van der Waals surface area (Å²) in [6.07, 6.45) is -0.530. The van der Waals surface area contributed by atoms with Gasteiger partial charge in [-0.3, -0.25) is 10.3 Å².